The second-order valence-corrected chi connectivity index (χ2v) is 6.09. The zero-order chi connectivity index (χ0) is 17.6. The van der Waals surface area contributed by atoms with Crippen LogP contribution in [-0.4, -0.2) is 47.1 Å². The molecule has 7 nitrogen and oxygen atoms in total. The Morgan fingerprint density at radius 2 is 1.78 bits per heavy atom. The van der Waals surface area contributed by atoms with E-state index in [1.54, 1.807) is 32.9 Å². The molecular weight excluding hydrogens is 302 g/mol. The number of alkyl carbamates (subject to hydrolysis) is 1. The molecule has 0 heterocycles. The molecule has 1 amide bonds. The lowest BCUT2D eigenvalue weighted by atomic mass is 10.0. The van der Waals surface area contributed by atoms with Crippen LogP contribution >= 0.6 is 0 Å². The van der Waals surface area contributed by atoms with Crippen LogP contribution in [0.1, 0.15) is 26.3 Å². The fourth-order valence-corrected chi connectivity index (χ4v) is 1.87. The summed E-state index contributed by atoms with van der Waals surface area (Å²) in [5, 5.41) is 21.8. The summed E-state index contributed by atoms with van der Waals surface area (Å²) >= 11 is 0. The van der Waals surface area contributed by atoms with Crippen LogP contribution in [0.15, 0.2) is 24.3 Å². The van der Waals surface area contributed by atoms with Crippen LogP contribution in [0, 0.1) is 0 Å². The number of benzene rings is 1. The van der Waals surface area contributed by atoms with Gasteiger partial charge in [0.25, 0.3) is 0 Å². The summed E-state index contributed by atoms with van der Waals surface area (Å²) in [7, 11) is 1.15. The number of hydrogen-bond donors (Lipinski definition) is 3. The maximum Gasteiger partial charge on any atom is 0.407 e. The van der Waals surface area contributed by atoms with Crippen LogP contribution in [0.5, 0.6) is 5.75 Å². The summed E-state index contributed by atoms with van der Waals surface area (Å²) in [6.45, 7) is 5.12. The lowest BCUT2D eigenvalue weighted by Crippen LogP contribution is -2.49. The van der Waals surface area contributed by atoms with Crippen molar-refractivity contribution in [1.82, 2.24) is 5.32 Å². The Balaban J connectivity index is 2.86. The van der Waals surface area contributed by atoms with Gasteiger partial charge in [0.15, 0.2) is 6.10 Å². The molecule has 3 N–H and O–H groups in total. The van der Waals surface area contributed by atoms with Gasteiger partial charge in [0.1, 0.15) is 11.4 Å². The summed E-state index contributed by atoms with van der Waals surface area (Å²) in [6, 6.07) is 5.28. The van der Waals surface area contributed by atoms with Gasteiger partial charge in [0, 0.05) is 0 Å². The molecule has 0 aliphatic carbocycles. The highest BCUT2D eigenvalue weighted by molar-refractivity contribution is 5.77. The molecule has 0 radical (unpaired) electrons. The number of amides is 1. The van der Waals surface area contributed by atoms with Gasteiger partial charge in [-0.15, -0.1) is 0 Å². The smallest absolute Gasteiger partial charge is 0.407 e. The number of aromatic hydroxyl groups is 1. The standard InChI is InChI=1S/C16H23NO6/c1-16(2,3)23-15(21)17-12(13(19)14(20)22-4)9-10-5-7-11(18)8-6-10/h5-8,12-13,18-19H,9H2,1-4H3,(H,17,21)/t12-,13+/m1/s1. The van der Waals surface area contributed by atoms with Gasteiger partial charge in [-0.2, -0.15) is 0 Å². The largest absolute Gasteiger partial charge is 0.508 e. The van der Waals surface area contributed by atoms with Crippen LogP contribution in [0.2, 0.25) is 0 Å². The number of carbonyl (C=O) groups excluding carboxylic acids is 2. The number of rotatable bonds is 5. The van der Waals surface area contributed by atoms with Crippen molar-refractivity contribution < 1.29 is 29.3 Å². The third-order valence-electron chi connectivity index (χ3n) is 2.92. The first kappa shape index (κ1) is 18.8. The molecule has 1 aromatic rings. The maximum absolute atomic E-state index is 11.9. The van der Waals surface area contributed by atoms with Gasteiger partial charge in [-0.3, -0.25) is 0 Å². The lowest BCUT2D eigenvalue weighted by Gasteiger charge is -2.25. The third-order valence-corrected chi connectivity index (χ3v) is 2.92. The summed E-state index contributed by atoms with van der Waals surface area (Å²) in [4.78, 5) is 23.5. The first-order chi connectivity index (χ1) is 10.6. The molecule has 0 aromatic heterocycles. The Hall–Kier alpha value is -2.28. The van der Waals surface area contributed by atoms with Crippen molar-refractivity contribution in [2.75, 3.05) is 7.11 Å². The van der Waals surface area contributed by atoms with E-state index in [2.05, 4.69) is 10.1 Å². The fraction of sp³-hybridized carbons (Fsp3) is 0.500. The Bertz CT molecular complexity index is 534. The van der Waals surface area contributed by atoms with Crippen LogP contribution in [0.3, 0.4) is 0 Å². The van der Waals surface area contributed by atoms with Crippen molar-refractivity contribution >= 4 is 12.1 Å². The van der Waals surface area contributed by atoms with Gasteiger partial charge < -0.3 is 25.0 Å². The van der Waals surface area contributed by atoms with Gasteiger partial charge in [0.05, 0.1) is 13.2 Å². The van der Waals surface area contributed by atoms with E-state index in [1.807, 2.05) is 0 Å². The van der Waals surface area contributed by atoms with Crippen molar-refractivity contribution in [2.24, 2.45) is 0 Å². The van der Waals surface area contributed by atoms with Crippen molar-refractivity contribution in [3.63, 3.8) is 0 Å². The highest BCUT2D eigenvalue weighted by atomic mass is 16.6. The third kappa shape index (κ3) is 6.56. The summed E-state index contributed by atoms with van der Waals surface area (Å²) in [5.41, 5.74) is 0.00967. The van der Waals surface area contributed by atoms with Crippen molar-refractivity contribution in [2.45, 2.75) is 44.9 Å². The van der Waals surface area contributed by atoms with Crippen molar-refractivity contribution in [1.29, 1.82) is 0 Å². The van der Waals surface area contributed by atoms with Gasteiger partial charge in [0.2, 0.25) is 0 Å². The topological polar surface area (TPSA) is 105 Å². The molecule has 0 saturated heterocycles. The summed E-state index contributed by atoms with van der Waals surface area (Å²) in [5.74, 6) is -0.760. The molecule has 0 aliphatic heterocycles. The minimum atomic E-state index is -1.54. The maximum atomic E-state index is 11.9. The number of esters is 1. The molecule has 1 rings (SSSR count). The number of carbonyl (C=O) groups is 2. The van der Waals surface area contributed by atoms with E-state index in [-0.39, 0.29) is 12.2 Å². The van der Waals surface area contributed by atoms with Crippen LogP contribution < -0.4 is 5.32 Å². The molecule has 2 atom stereocenters. The monoisotopic (exact) mass is 325 g/mol. The van der Waals surface area contributed by atoms with Gasteiger partial charge in [-0.1, -0.05) is 12.1 Å². The lowest BCUT2D eigenvalue weighted by molar-refractivity contribution is -0.151. The minimum Gasteiger partial charge on any atom is -0.508 e. The number of aliphatic hydroxyl groups is 1. The van der Waals surface area contributed by atoms with Gasteiger partial charge >= 0.3 is 12.1 Å². The number of ether oxygens (including phenoxy) is 2. The number of phenols is 1. The normalized spacial score (nSPS) is 13.8. The quantitative estimate of drug-likeness (QED) is 0.706. The molecule has 0 bridgehead atoms. The average Bonchev–Trinajstić information content (AvgIpc) is 2.45. The van der Waals surface area contributed by atoms with Crippen LogP contribution in [-0.2, 0) is 20.7 Å². The molecule has 7 heteroatoms. The van der Waals surface area contributed by atoms with Crippen LogP contribution in [0.25, 0.3) is 0 Å². The average molecular weight is 325 g/mol. The minimum absolute atomic E-state index is 0.0962. The Morgan fingerprint density at radius 1 is 1.22 bits per heavy atom. The number of hydrogen-bond acceptors (Lipinski definition) is 6. The predicted molar refractivity (Wildman–Crippen MR) is 83.0 cm³/mol. The number of nitrogens with one attached hydrogen (secondary N) is 1. The van der Waals surface area contributed by atoms with Gasteiger partial charge in [-0.25, -0.2) is 9.59 Å². The highest BCUT2D eigenvalue weighted by Gasteiger charge is 2.30. The zero-order valence-electron chi connectivity index (χ0n) is 13.7. The van der Waals surface area contributed by atoms with Crippen molar-refractivity contribution in [3.8, 4) is 5.75 Å². The first-order valence-electron chi connectivity index (χ1n) is 7.15. The molecule has 0 saturated carbocycles. The van der Waals surface area contributed by atoms with Crippen LogP contribution in [0.4, 0.5) is 4.79 Å². The summed E-state index contributed by atoms with van der Waals surface area (Å²) in [6.07, 6.45) is -2.12. The molecule has 0 spiro atoms. The zero-order valence-corrected chi connectivity index (χ0v) is 13.7. The van der Waals surface area contributed by atoms with E-state index < -0.39 is 29.8 Å². The molecule has 128 valence electrons. The Morgan fingerprint density at radius 3 is 2.26 bits per heavy atom. The number of phenolic OH excluding ortho intramolecular Hbond substituents is 1. The van der Waals surface area contributed by atoms with E-state index >= 15 is 0 Å². The molecule has 0 unspecified atom stereocenters. The van der Waals surface area contributed by atoms with Crippen molar-refractivity contribution in [3.05, 3.63) is 29.8 Å². The number of methoxy groups -OCH3 is 1. The first-order valence-corrected chi connectivity index (χ1v) is 7.15. The predicted octanol–water partition coefficient (Wildman–Crippen LogP) is 1.36. The molecule has 0 aliphatic rings. The Labute approximate surface area is 135 Å². The van der Waals surface area contributed by atoms with E-state index in [1.165, 1.54) is 12.1 Å². The van der Waals surface area contributed by atoms with Gasteiger partial charge in [-0.05, 0) is 44.9 Å². The number of aliphatic hydroxyl groups excluding tert-OH is 1. The van der Waals surface area contributed by atoms with E-state index in [9.17, 15) is 19.8 Å². The highest BCUT2D eigenvalue weighted by Crippen LogP contribution is 2.14. The summed E-state index contributed by atoms with van der Waals surface area (Å²) < 4.78 is 9.65. The molecule has 0 fully saturated rings. The fourth-order valence-electron chi connectivity index (χ4n) is 1.87. The molecule has 23 heavy (non-hydrogen) atoms. The van der Waals surface area contributed by atoms with E-state index in [0.29, 0.717) is 5.56 Å². The molecule has 1 aromatic carbocycles. The second kappa shape index (κ2) is 7.82. The second-order valence-electron chi connectivity index (χ2n) is 6.09. The Kier molecular flexibility index (Phi) is 6.38. The van der Waals surface area contributed by atoms with E-state index in [0.717, 1.165) is 7.11 Å². The SMILES string of the molecule is COC(=O)[C@@H](O)[C@@H](Cc1ccc(O)cc1)NC(=O)OC(C)(C)C. The molecular formula is C16H23NO6. The van der Waals surface area contributed by atoms with E-state index in [4.69, 9.17) is 4.74 Å².